The molecule has 2 aromatic carbocycles. The van der Waals surface area contributed by atoms with Gasteiger partial charge in [-0.2, -0.15) is 0 Å². The molecule has 0 bridgehead atoms. The van der Waals surface area contributed by atoms with Gasteiger partial charge in [0, 0.05) is 10.6 Å². The smallest absolute Gasteiger partial charge is 0.251 e. The van der Waals surface area contributed by atoms with E-state index in [-0.39, 0.29) is 24.4 Å². The quantitative estimate of drug-likeness (QED) is 0.634. The first-order chi connectivity index (χ1) is 14.0. The van der Waals surface area contributed by atoms with Gasteiger partial charge in [-0.1, -0.05) is 41.4 Å². The molecular weight excluding hydrogens is 390 g/mol. The average molecular weight is 417 g/mol. The van der Waals surface area contributed by atoms with Crippen LogP contribution in [0.15, 0.2) is 48.5 Å². The van der Waals surface area contributed by atoms with E-state index in [1.807, 2.05) is 31.2 Å². The number of quaternary nitrogens is 1. The van der Waals surface area contributed by atoms with Crippen LogP contribution in [-0.4, -0.2) is 51.2 Å². The molecule has 0 radical (unpaired) electrons. The second-order valence-corrected chi connectivity index (χ2v) is 7.72. The molecule has 0 saturated carbocycles. The lowest BCUT2D eigenvalue weighted by molar-refractivity contribution is -0.909. The summed E-state index contributed by atoms with van der Waals surface area (Å²) < 4.78 is 5.43. The Hall–Kier alpha value is -2.41. The second-order valence-electron chi connectivity index (χ2n) is 7.29. The van der Waals surface area contributed by atoms with Crippen molar-refractivity contribution in [3.8, 4) is 0 Å². The number of carbonyl (C=O) groups is 2. The number of hydrogen-bond acceptors (Lipinski definition) is 3. The third kappa shape index (κ3) is 6.56. The normalized spacial score (nSPS) is 15.5. The molecule has 0 spiro atoms. The molecule has 3 rings (SSSR count). The van der Waals surface area contributed by atoms with Crippen molar-refractivity contribution >= 4 is 23.4 Å². The zero-order valence-corrected chi connectivity index (χ0v) is 17.3. The number of benzene rings is 2. The summed E-state index contributed by atoms with van der Waals surface area (Å²) in [6.45, 7) is 6.06. The zero-order valence-electron chi connectivity index (χ0n) is 16.5. The predicted molar refractivity (Wildman–Crippen MR) is 112 cm³/mol. The van der Waals surface area contributed by atoms with E-state index in [2.05, 4.69) is 10.6 Å². The van der Waals surface area contributed by atoms with E-state index in [9.17, 15) is 9.59 Å². The van der Waals surface area contributed by atoms with Crippen molar-refractivity contribution in [2.75, 3.05) is 39.4 Å². The number of halogens is 1. The van der Waals surface area contributed by atoms with E-state index in [0.717, 1.165) is 38.4 Å². The summed E-state index contributed by atoms with van der Waals surface area (Å²) in [6.07, 6.45) is 0. The first-order valence-corrected chi connectivity index (χ1v) is 10.2. The molecule has 2 amide bonds. The highest BCUT2D eigenvalue weighted by atomic mass is 35.5. The third-order valence-corrected chi connectivity index (χ3v) is 5.28. The van der Waals surface area contributed by atoms with Gasteiger partial charge in [0.15, 0.2) is 0 Å². The molecule has 6 nitrogen and oxygen atoms in total. The molecule has 0 aliphatic carbocycles. The van der Waals surface area contributed by atoms with Gasteiger partial charge in [0.1, 0.15) is 25.7 Å². The van der Waals surface area contributed by atoms with Crippen LogP contribution >= 0.6 is 11.6 Å². The van der Waals surface area contributed by atoms with Crippen LogP contribution in [0.4, 0.5) is 0 Å². The van der Waals surface area contributed by atoms with Gasteiger partial charge in [0.05, 0.1) is 19.8 Å². The molecule has 1 atom stereocenters. The Morgan fingerprint density at radius 1 is 1.07 bits per heavy atom. The standard InChI is InChI=1S/C22H26ClN3O3/c1-16-2-4-17(5-3-16)20(15-26-10-12-29-13-11-26)25-21(27)14-24-22(28)18-6-8-19(23)9-7-18/h2-9,20H,10-15H2,1H3,(H,24,28)(H,25,27)/p+1/t20-/m0/s1. The number of aryl methyl sites for hydroxylation is 1. The molecule has 1 aliphatic heterocycles. The summed E-state index contributed by atoms with van der Waals surface area (Å²) in [5.74, 6) is -0.520. The topological polar surface area (TPSA) is 71.9 Å². The van der Waals surface area contributed by atoms with E-state index in [0.29, 0.717) is 10.6 Å². The number of ether oxygens (including phenoxy) is 1. The molecule has 1 heterocycles. The van der Waals surface area contributed by atoms with Crippen LogP contribution in [0.1, 0.15) is 27.5 Å². The van der Waals surface area contributed by atoms with Crippen LogP contribution < -0.4 is 15.5 Å². The fraction of sp³-hybridized carbons (Fsp3) is 0.364. The van der Waals surface area contributed by atoms with Crippen molar-refractivity contribution in [1.82, 2.24) is 10.6 Å². The summed E-state index contributed by atoms with van der Waals surface area (Å²) in [7, 11) is 0. The van der Waals surface area contributed by atoms with Gasteiger partial charge in [-0.05, 0) is 36.8 Å². The Kier molecular flexibility index (Phi) is 7.63. The maximum absolute atomic E-state index is 12.5. The van der Waals surface area contributed by atoms with Crippen molar-refractivity contribution in [3.05, 3.63) is 70.2 Å². The lowest BCUT2D eigenvalue weighted by Gasteiger charge is -2.28. The largest absolute Gasteiger partial charge is 0.370 e. The average Bonchev–Trinajstić information content (AvgIpc) is 2.73. The number of carbonyl (C=O) groups excluding carboxylic acids is 2. The summed E-state index contributed by atoms with van der Waals surface area (Å²) >= 11 is 5.84. The van der Waals surface area contributed by atoms with Crippen molar-refractivity contribution in [2.45, 2.75) is 13.0 Å². The van der Waals surface area contributed by atoms with Crippen LogP contribution in [0, 0.1) is 6.92 Å². The Balaban J connectivity index is 1.59. The molecular formula is C22H27ClN3O3+. The minimum absolute atomic E-state index is 0.0811. The maximum atomic E-state index is 12.5. The number of amides is 2. The summed E-state index contributed by atoms with van der Waals surface area (Å²) in [4.78, 5) is 26.2. The minimum Gasteiger partial charge on any atom is -0.370 e. The monoisotopic (exact) mass is 416 g/mol. The summed E-state index contributed by atoms with van der Waals surface area (Å²) in [5.41, 5.74) is 2.70. The lowest BCUT2D eigenvalue weighted by Crippen LogP contribution is -3.14. The van der Waals surface area contributed by atoms with Crippen molar-refractivity contribution < 1.29 is 19.2 Å². The van der Waals surface area contributed by atoms with Crippen molar-refractivity contribution in [1.29, 1.82) is 0 Å². The van der Waals surface area contributed by atoms with Gasteiger partial charge in [0.2, 0.25) is 5.91 Å². The number of morpholine rings is 1. The van der Waals surface area contributed by atoms with Gasteiger partial charge in [-0.3, -0.25) is 9.59 Å². The molecule has 0 unspecified atom stereocenters. The molecule has 154 valence electrons. The highest BCUT2D eigenvalue weighted by molar-refractivity contribution is 6.30. The Morgan fingerprint density at radius 3 is 2.38 bits per heavy atom. The predicted octanol–water partition coefficient (Wildman–Crippen LogP) is 1.15. The van der Waals surface area contributed by atoms with E-state index >= 15 is 0 Å². The molecule has 2 aromatic rings. The summed E-state index contributed by atoms with van der Waals surface area (Å²) in [6, 6.07) is 14.6. The first-order valence-electron chi connectivity index (χ1n) is 9.82. The zero-order chi connectivity index (χ0) is 20.6. The molecule has 29 heavy (non-hydrogen) atoms. The molecule has 3 N–H and O–H groups in total. The fourth-order valence-corrected chi connectivity index (χ4v) is 3.44. The summed E-state index contributed by atoms with van der Waals surface area (Å²) in [5, 5.41) is 6.31. The van der Waals surface area contributed by atoms with Gasteiger partial charge >= 0.3 is 0 Å². The Labute approximate surface area is 176 Å². The SMILES string of the molecule is Cc1ccc([C@H](C[NH+]2CCOCC2)NC(=O)CNC(=O)c2ccc(Cl)cc2)cc1. The molecule has 7 heteroatoms. The molecule has 1 saturated heterocycles. The van der Waals surface area contributed by atoms with Crippen molar-refractivity contribution in [2.24, 2.45) is 0 Å². The second kappa shape index (κ2) is 10.4. The van der Waals surface area contributed by atoms with E-state index in [1.54, 1.807) is 24.3 Å². The van der Waals surface area contributed by atoms with Gasteiger partial charge < -0.3 is 20.3 Å². The van der Waals surface area contributed by atoms with Crippen LogP contribution in [-0.2, 0) is 9.53 Å². The number of rotatable bonds is 7. The van der Waals surface area contributed by atoms with Gasteiger partial charge in [-0.15, -0.1) is 0 Å². The van der Waals surface area contributed by atoms with Crippen LogP contribution in [0.25, 0.3) is 0 Å². The van der Waals surface area contributed by atoms with E-state index in [4.69, 9.17) is 16.3 Å². The van der Waals surface area contributed by atoms with E-state index in [1.165, 1.54) is 10.5 Å². The Bertz CT molecular complexity index is 818. The van der Waals surface area contributed by atoms with Gasteiger partial charge in [-0.25, -0.2) is 0 Å². The molecule has 0 aromatic heterocycles. The maximum Gasteiger partial charge on any atom is 0.251 e. The molecule has 1 fully saturated rings. The number of hydrogen-bond donors (Lipinski definition) is 3. The highest BCUT2D eigenvalue weighted by Gasteiger charge is 2.23. The lowest BCUT2D eigenvalue weighted by atomic mass is 10.0. The van der Waals surface area contributed by atoms with E-state index < -0.39 is 0 Å². The van der Waals surface area contributed by atoms with Crippen LogP contribution in [0.5, 0.6) is 0 Å². The molecule has 1 aliphatic rings. The third-order valence-electron chi connectivity index (χ3n) is 5.02. The van der Waals surface area contributed by atoms with Crippen LogP contribution in [0.3, 0.4) is 0 Å². The van der Waals surface area contributed by atoms with Gasteiger partial charge in [0.25, 0.3) is 5.91 Å². The fourth-order valence-electron chi connectivity index (χ4n) is 3.31. The Morgan fingerprint density at radius 2 is 1.72 bits per heavy atom. The minimum atomic E-state index is -0.303. The van der Waals surface area contributed by atoms with Crippen molar-refractivity contribution in [3.63, 3.8) is 0 Å². The highest BCUT2D eigenvalue weighted by Crippen LogP contribution is 2.13. The number of nitrogens with one attached hydrogen (secondary N) is 3. The van der Waals surface area contributed by atoms with Crippen LogP contribution in [0.2, 0.25) is 5.02 Å². The first kappa shape index (κ1) is 21.3.